The first-order chi connectivity index (χ1) is 9.67. The van der Waals surface area contributed by atoms with E-state index >= 15 is 0 Å². The predicted octanol–water partition coefficient (Wildman–Crippen LogP) is -0.850. The Morgan fingerprint density at radius 3 is 2.38 bits per heavy atom. The fourth-order valence-electron chi connectivity index (χ4n) is 1.06. The molecule has 1 rings (SSSR count). The monoisotopic (exact) mass is 317 g/mol. The van der Waals surface area contributed by atoms with Crippen molar-refractivity contribution in [3.63, 3.8) is 0 Å². The molecular weight excluding hydrogens is 298 g/mol. The number of pyridine rings is 1. The van der Waals surface area contributed by atoms with Gasteiger partial charge in [0.25, 0.3) is 5.91 Å². The highest BCUT2D eigenvalue weighted by Gasteiger charge is 2.12. The molecule has 7 N–H and O–H groups in total. The molecule has 0 fully saturated rings. The second-order valence-electron chi connectivity index (χ2n) is 4.15. The molecule has 1 aromatic heterocycles. The SMILES string of the molecule is CS(=N)(=O)CC[C@H](N)C(=O)O.NNC(=O)c1ccncc1. The van der Waals surface area contributed by atoms with Crippen LogP contribution in [0.4, 0.5) is 0 Å². The molecule has 1 aromatic rings. The van der Waals surface area contributed by atoms with Gasteiger partial charge >= 0.3 is 5.97 Å². The van der Waals surface area contributed by atoms with E-state index in [-0.39, 0.29) is 18.1 Å². The minimum absolute atomic E-state index is 0.0421. The van der Waals surface area contributed by atoms with Gasteiger partial charge in [0.15, 0.2) is 0 Å². The zero-order valence-corrected chi connectivity index (χ0v) is 12.3. The van der Waals surface area contributed by atoms with E-state index in [1.807, 2.05) is 5.43 Å². The maximum atomic E-state index is 10.7. The summed E-state index contributed by atoms with van der Waals surface area (Å²) in [6, 6.07) is 2.17. The molecule has 0 spiro atoms. The van der Waals surface area contributed by atoms with Crippen molar-refractivity contribution in [1.82, 2.24) is 10.4 Å². The lowest BCUT2D eigenvalue weighted by atomic mass is 10.2. The molecule has 1 amide bonds. The topological polar surface area (TPSA) is 172 Å². The summed E-state index contributed by atoms with van der Waals surface area (Å²) in [5.41, 5.74) is 7.64. The molecule has 0 bridgehead atoms. The summed E-state index contributed by atoms with van der Waals surface area (Å²) >= 11 is 0. The molecule has 0 aliphatic carbocycles. The number of rotatable bonds is 5. The summed E-state index contributed by atoms with van der Waals surface area (Å²) in [6.07, 6.45) is 4.42. The Balaban J connectivity index is 0.000000382. The molecule has 1 heterocycles. The number of nitrogens with two attached hydrogens (primary N) is 2. The summed E-state index contributed by atoms with van der Waals surface area (Å²) in [4.78, 5) is 24.6. The summed E-state index contributed by atoms with van der Waals surface area (Å²) in [5, 5.41) is 8.30. The number of nitrogens with zero attached hydrogens (tertiary/aromatic N) is 1. The number of nitrogen functional groups attached to an aromatic ring is 1. The van der Waals surface area contributed by atoms with E-state index in [9.17, 15) is 13.8 Å². The summed E-state index contributed by atoms with van der Waals surface area (Å²) in [6.45, 7) is 0. The summed E-state index contributed by atoms with van der Waals surface area (Å²) in [7, 11) is -2.60. The highest BCUT2D eigenvalue weighted by Crippen LogP contribution is 1.94. The molecule has 9 nitrogen and oxygen atoms in total. The lowest BCUT2D eigenvalue weighted by molar-refractivity contribution is -0.138. The number of hydrazine groups is 1. The van der Waals surface area contributed by atoms with Crippen LogP contribution >= 0.6 is 0 Å². The van der Waals surface area contributed by atoms with Crippen molar-refractivity contribution in [3.05, 3.63) is 30.1 Å². The van der Waals surface area contributed by atoms with Crippen LogP contribution in [-0.2, 0) is 14.5 Å². The number of aromatic nitrogens is 1. The smallest absolute Gasteiger partial charge is 0.320 e. The Bertz CT molecular complexity index is 561. The lowest BCUT2D eigenvalue weighted by Gasteiger charge is -2.04. The standard InChI is InChI=1S/C6H7N3O.C5H12N2O3S/c7-9-6(10)5-1-3-8-4-2-5;1-11(7,10)3-2-4(6)5(8)9/h1-4H,7H2,(H,9,10);4,7H,2-3,6H2,1H3,(H,8,9)/t;4-,11?/m.0/s1. The zero-order valence-electron chi connectivity index (χ0n) is 11.5. The molecule has 2 atom stereocenters. The van der Waals surface area contributed by atoms with E-state index in [1.54, 1.807) is 12.1 Å². The summed E-state index contributed by atoms with van der Waals surface area (Å²) < 4.78 is 17.7. The van der Waals surface area contributed by atoms with Crippen molar-refractivity contribution in [2.75, 3.05) is 12.0 Å². The van der Waals surface area contributed by atoms with E-state index in [4.69, 9.17) is 21.5 Å². The maximum Gasteiger partial charge on any atom is 0.320 e. The highest BCUT2D eigenvalue weighted by atomic mass is 32.2. The average molecular weight is 317 g/mol. The predicted molar refractivity (Wildman–Crippen MR) is 77.8 cm³/mol. The van der Waals surface area contributed by atoms with Crippen LogP contribution in [0.25, 0.3) is 0 Å². The Morgan fingerprint density at radius 2 is 2.00 bits per heavy atom. The van der Waals surface area contributed by atoms with Gasteiger partial charge in [-0.05, 0) is 18.6 Å². The molecule has 10 heteroatoms. The Morgan fingerprint density at radius 1 is 1.48 bits per heavy atom. The highest BCUT2D eigenvalue weighted by molar-refractivity contribution is 7.91. The molecule has 118 valence electrons. The maximum absolute atomic E-state index is 10.7. The first kappa shape index (κ1) is 19.0. The van der Waals surface area contributed by atoms with Crippen molar-refractivity contribution in [2.24, 2.45) is 11.6 Å². The van der Waals surface area contributed by atoms with Gasteiger partial charge in [-0.1, -0.05) is 0 Å². The van der Waals surface area contributed by atoms with Gasteiger partial charge in [0, 0.05) is 39.7 Å². The average Bonchev–Trinajstić information content (AvgIpc) is 2.44. The van der Waals surface area contributed by atoms with Gasteiger partial charge < -0.3 is 10.8 Å². The van der Waals surface area contributed by atoms with Crippen molar-refractivity contribution in [2.45, 2.75) is 12.5 Å². The molecule has 21 heavy (non-hydrogen) atoms. The molecule has 0 saturated heterocycles. The molecule has 0 aliphatic heterocycles. The zero-order chi connectivity index (χ0) is 16.5. The number of nitrogens with one attached hydrogen (secondary N) is 2. The second-order valence-corrected chi connectivity index (χ2v) is 6.57. The first-order valence-electron chi connectivity index (χ1n) is 5.78. The number of aliphatic carboxylic acids is 1. The van der Waals surface area contributed by atoms with E-state index in [2.05, 4.69) is 4.98 Å². The van der Waals surface area contributed by atoms with Crippen molar-refractivity contribution in [1.29, 1.82) is 4.78 Å². The van der Waals surface area contributed by atoms with Crippen LogP contribution in [0, 0.1) is 4.78 Å². The van der Waals surface area contributed by atoms with Crippen molar-refractivity contribution in [3.8, 4) is 0 Å². The Kier molecular flexibility index (Phi) is 8.12. The molecular formula is C11H19N5O4S. The van der Waals surface area contributed by atoms with Crippen LogP contribution in [-0.4, -0.2) is 44.2 Å². The third kappa shape index (κ3) is 9.49. The second kappa shape index (κ2) is 9.00. The van der Waals surface area contributed by atoms with Crippen LogP contribution in [0.5, 0.6) is 0 Å². The van der Waals surface area contributed by atoms with Gasteiger partial charge in [-0.15, -0.1) is 0 Å². The number of carbonyl (C=O) groups is 2. The first-order valence-corrected chi connectivity index (χ1v) is 7.91. The van der Waals surface area contributed by atoms with Gasteiger partial charge in [0.2, 0.25) is 0 Å². The third-order valence-corrected chi connectivity index (χ3v) is 3.22. The molecule has 1 unspecified atom stereocenters. The van der Waals surface area contributed by atoms with Gasteiger partial charge in [-0.3, -0.25) is 29.0 Å². The molecule has 0 saturated carbocycles. The van der Waals surface area contributed by atoms with E-state index in [0.717, 1.165) is 0 Å². The van der Waals surface area contributed by atoms with Crippen molar-refractivity contribution >= 4 is 21.6 Å². The number of carboxylic acid groups (broad SMARTS) is 1. The van der Waals surface area contributed by atoms with Crippen LogP contribution in [0.3, 0.4) is 0 Å². The minimum Gasteiger partial charge on any atom is -0.480 e. The largest absolute Gasteiger partial charge is 0.480 e. The van der Waals surface area contributed by atoms with Gasteiger partial charge in [0.05, 0.1) is 0 Å². The number of hydrogen-bond acceptors (Lipinski definition) is 7. The van der Waals surface area contributed by atoms with Gasteiger partial charge in [-0.2, -0.15) is 0 Å². The molecule has 0 radical (unpaired) electrons. The Labute approximate surface area is 122 Å². The van der Waals surface area contributed by atoms with E-state index in [0.29, 0.717) is 5.56 Å². The Hall–Kier alpha value is -2.04. The van der Waals surface area contributed by atoms with Gasteiger partial charge in [0.1, 0.15) is 6.04 Å². The van der Waals surface area contributed by atoms with Crippen LogP contribution in [0.1, 0.15) is 16.8 Å². The van der Waals surface area contributed by atoms with Crippen molar-refractivity contribution < 1.29 is 18.9 Å². The number of carboxylic acids is 1. The number of carbonyl (C=O) groups excluding carboxylic acids is 1. The third-order valence-electron chi connectivity index (χ3n) is 2.21. The summed E-state index contributed by atoms with van der Waals surface area (Å²) in [5.74, 6) is 3.51. The molecule has 0 aliphatic rings. The van der Waals surface area contributed by atoms with E-state index in [1.165, 1.54) is 18.6 Å². The lowest BCUT2D eigenvalue weighted by Crippen LogP contribution is -2.31. The number of amides is 1. The number of hydrogen-bond donors (Lipinski definition) is 5. The quantitative estimate of drug-likeness (QED) is 0.267. The van der Waals surface area contributed by atoms with Crippen LogP contribution < -0.4 is 17.0 Å². The minimum atomic E-state index is -2.60. The van der Waals surface area contributed by atoms with Gasteiger partial charge in [-0.25, -0.2) is 5.84 Å². The van der Waals surface area contributed by atoms with Crippen LogP contribution in [0.2, 0.25) is 0 Å². The van der Waals surface area contributed by atoms with Crippen LogP contribution in [0.15, 0.2) is 24.5 Å². The molecule has 0 aromatic carbocycles. The fraction of sp³-hybridized carbons (Fsp3) is 0.364. The fourth-order valence-corrected chi connectivity index (χ4v) is 1.77. The van der Waals surface area contributed by atoms with E-state index < -0.39 is 21.7 Å². The normalized spacial score (nSPS) is 14.0.